The first-order valence-corrected chi connectivity index (χ1v) is 5.19. The summed E-state index contributed by atoms with van der Waals surface area (Å²) < 4.78 is 5.52. The van der Waals surface area contributed by atoms with Crippen LogP contribution in [0.25, 0.3) is 0 Å². The number of hydrogen-bond acceptors (Lipinski definition) is 2. The zero-order valence-corrected chi connectivity index (χ0v) is 7.88. The van der Waals surface area contributed by atoms with Crippen LogP contribution in [0.3, 0.4) is 0 Å². The SMILES string of the molecule is CC1NCCC1C1CCCOC1. The molecule has 0 aliphatic carbocycles. The molecule has 70 valence electrons. The largest absolute Gasteiger partial charge is 0.381 e. The molecule has 2 saturated heterocycles. The number of hydrogen-bond donors (Lipinski definition) is 1. The van der Waals surface area contributed by atoms with E-state index < -0.39 is 0 Å². The van der Waals surface area contributed by atoms with Crippen molar-refractivity contribution in [3.05, 3.63) is 0 Å². The zero-order valence-electron chi connectivity index (χ0n) is 7.88. The van der Waals surface area contributed by atoms with Crippen LogP contribution in [-0.2, 0) is 4.74 Å². The van der Waals surface area contributed by atoms with Gasteiger partial charge in [0.25, 0.3) is 0 Å². The van der Waals surface area contributed by atoms with E-state index in [1.165, 1.54) is 25.8 Å². The average Bonchev–Trinajstić information content (AvgIpc) is 2.53. The van der Waals surface area contributed by atoms with Crippen molar-refractivity contribution in [3.63, 3.8) is 0 Å². The Hall–Kier alpha value is -0.0800. The summed E-state index contributed by atoms with van der Waals surface area (Å²) in [6.07, 6.45) is 4.01. The standard InChI is InChI=1S/C10H19NO/c1-8-10(4-5-11-8)9-3-2-6-12-7-9/h8-11H,2-7H2,1H3. The van der Waals surface area contributed by atoms with Crippen molar-refractivity contribution in [1.29, 1.82) is 0 Å². The van der Waals surface area contributed by atoms with Gasteiger partial charge in [-0.15, -0.1) is 0 Å². The molecule has 0 spiro atoms. The van der Waals surface area contributed by atoms with Gasteiger partial charge in [0.15, 0.2) is 0 Å². The van der Waals surface area contributed by atoms with Crippen molar-refractivity contribution in [2.24, 2.45) is 11.8 Å². The second-order valence-electron chi connectivity index (χ2n) is 4.17. The zero-order chi connectivity index (χ0) is 8.39. The molecule has 0 aromatic heterocycles. The first kappa shape index (κ1) is 8.52. The molecule has 0 amide bonds. The molecule has 2 heteroatoms. The minimum Gasteiger partial charge on any atom is -0.381 e. The van der Waals surface area contributed by atoms with Crippen molar-refractivity contribution >= 4 is 0 Å². The predicted octanol–water partition coefficient (Wildman–Crippen LogP) is 1.41. The lowest BCUT2D eigenvalue weighted by molar-refractivity contribution is 0.0290. The van der Waals surface area contributed by atoms with Crippen molar-refractivity contribution in [2.75, 3.05) is 19.8 Å². The summed E-state index contributed by atoms with van der Waals surface area (Å²) in [4.78, 5) is 0. The molecule has 12 heavy (non-hydrogen) atoms. The minimum atomic E-state index is 0.719. The fraction of sp³-hybridized carbons (Fsp3) is 1.00. The maximum absolute atomic E-state index is 5.52. The molecule has 3 unspecified atom stereocenters. The smallest absolute Gasteiger partial charge is 0.0497 e. The molecule has 0 aromatic carbocycles. The number of rotatable bonds is 1. The Morgan fingerprint density at radius 1 is 1.33 bits per heavy atom. The van der Waals surface area contributed by atoms with Gasteiger partial charge in [0.05, 0.1) is 0 Å². The Balaban J connectivity index is 1.89. The highest BCUT2D eigenvalue weighted by molar-refractivity contribution is 4.85. The quantitative estimate of drug-likeness (QED) is 0.641. The third-order valence-corrected chi connectivity index (χ3v) is 3.39. The van der Waals surface area contributed by atoms with E-state index in [4.69, 9.17) is 4.74 Å². The lowest BCUT2D eigenvalue weighted by Crippen LogP contribution is -2.32. The molecular formula is C10H19NO. The van der Waals surface area contributed by atoms with Crippen LogP contribution in [0.15, 0.2) is 0 Å². The van der Waals surface area contributed by atoms with Gasteiger partial charge in [-0.2, -0.15) is 0 Å². The molecule has 3 atom stereocenters. The normalized spacial score (nSPS) is 43.2. The Labute approximate surface area is 74.7 Å². The van der Waals surface area contributed by atoms with Crippen molar-refractivity contribution < 1.29 is 4.74 Å². The Bertz CT molecular complexity index is 143. The van der Waals surface area contributed by atoms with E-state index in [-0.39, 0.29) is 0 Å². The summed E-state index contributed by atoms with van der Waals surface area (Å²) >= 11 is 0. The molecular weight excluding hydrogens is 150 g/mol. The third-order valence-electron chi connectivity index (χ3n) is 3.39. The third kappa shape index (κ3) is 1.64. The molecule has 2 rings (SSSR count). The van der Waals surface area contributed by atoms with Crippen molar-refractivity contribution in [3.8, 4) is 0 Å². The van der Waals surface area contributed by atoms with Crippen LogP contribution in [0, 0.1) is 11.8 Å². The van der Waals surface area contributed by atoms with Crippen LogP contribution in [0.4, 0.5) is 0 Å². The minimum absolute atomic E-state index is 0.719. The highest BCUT2D eigenvalue weighted by Crippen LogP contribution is 2.30. The number of nitrogens with one attached hydrogen (secondary N) is 1. The lowest BCUT2D eigenvalue weighted by atomic mass is 9.83. The summed E-state index contributed by atoms with van der Waals surface area (Å²) in [5.41, 5.74) is 0. The van der Waals surface area contributed by atoms with Gasteiger partial charge >= 0.3 is 0 Å². The van der Waals surface area contributed by atoms with E-state index >= 15 is 0 Å². The summed E-state index contributed by atoms with van der Waals surface area (Å²) in [6, 6.07) is 0.719. The van der Waals surface area contributed by atoms with Gasteiger partial charge in [-0.1, -0.05) is 0 Å². The van der Waals surface area contributed by atoms with E-state index in [0.29, 0.717) is 0 Å². The van der Waals surface area contributed by atoms with Gasteiger partial charge in [-0.25, -0.2) is 0 Å². The first-order valence-electron chi connectivity index (χ1n) is 5.19. The van der Waals surface area contributed by atoms with E-state index in [9.17, 15) is 0 Å². The molecule has 1 N–H and O–H groups in total. The summed E-state index contributed by atoms with van der Waals surface area (Å²) in [6.45, 7) is 5.52. The highest BCUT2D eigenvalue weighted by Gasteiger charge is 2.31. The van der Waals surface area contributed by atoms with Gasteiger partial charge < -0.3 is 10.1 Å². The van der Waals surface area contributed by atoms with Crippen LogP contribution >= 0.6 is 0 Å². The summed E-state index contributed by atoms with van der Waals surface area (Å²) in [7, 11) is 0. The van der Waals surface area contributed by atoms with Crippen LogP contribution in [0.2, 0.25) is 0 Å². The second kappa shape index (κ2) is 3.75. The summed E-state index contributed by atoms with van der Waals surface area (Å²) in [5, 5.41) is 3.51. The van der Waals surface area contributed by atoms with Gasteiger partial charge in [0.1, 0.15) is 0 Å². The fourth-order valence-corrected chi connectivity index (χ4v) is 2.63. The molecule has 2 heterocycles. The summed E-state index contributed by atoms with van der Waals surface area (Å²) in [5.74, 6) is 1.72. The predicted molar refractivity (Wildman–Crippen MR) is 49.1 cm³/mol. The monoisotopic (exact) mass is 169 g/mol. The molecule has 0 aromatic rings. The maximum Gasteiger partial charge on any atom is 0.0497 e. The highest BCUT2D eigenvalue weighted by atomic mass is 16.5. The average molecular weight is 169 g/mol. The van der Waals surface area contributed by atoms with E-state index in [2.05, 4.69) is 12.2 Å². The van der Waals surface area contributed by atoms with Gasteiger partial charge in [0.2, 0.25) is 0 Å². The number of ether oxygens (including phenoxy) is 1. The second-order valence-corrected chi connectivity index (χ2v) is 4.17. The molecule has 0 bridgehead atoms. The van der Waals surface area contributed by atoms with Crippen LogP contribution in [0.5, 0.6) is 0 Å². The Morgan fingerprint density at radius 2 is 2.25 bits per heavy atom. The van der Waals surface area contributed by atoms with Crippen molar-refractivity contribution in [1.82, 2.24) is 5.32 Å². The maximum atomic E-state index is 5.52. The lowest BCUT2D eigenvalue weighted by Gasteiger charge is -2.29. The molecule has 2 aliphatic heterocycles. The van der Waals surface area contributed by atoms with E-state index in [0.717, 1.165) is 31.1 Å². The Kier molecular flexibility index (Phi) is 2.66. The van der Waals surface area contributed by atoms with Crippen molar-refractivity contribution in [2.45, 2.75) is 32.2 Å². The molecule has 0 radical (unpaired) electrons. The van der Waals surface area contributed by atoms with Gasteiger partial charge in [-0.05, 0) is 44.6 Å². The topological polar surface area (TPSA) is 21.3 Å². The molecule has 0 saturated carbocycles. The molecule has 2 nitrogen and oxygen atoms in total. The van der Waals surface area contributed by atoms with Gasteiger partial charge in [-0.3, -0.25) is 0 Å². The molecule has 2 fully saturated rings. The van der Waals surface area contributed by atoms with E-state index in [1.807, 2.05) is 0 Å². The molecule has 2 aliphatic rings. The van der Waals surface area contributed by atoms with Crippen LogP contribution < -0.4 is 5.32 Å². The van der Waals surface area contributed by atoms with Crippen LogP contribution in [-0.4, -0.2) is 25.8 Å². The van der Waals surface area contributed by atoms with Crippen LogP contribution in [0.1, 0.15) is 26.2 Å². The first-order chi connectivity index (χ1) is 5.88. The Morgan fingerprint density at radius 3 is 2.83 bits per heavy atom. The van der Waals surface area contributed by atoms with E-state index in [1.54, 1.807) is 0 Å². The fourth-order valence-electron chi connectivity index (χ4n) is 2.63. The van der Waals surface area contributed by atoms with Gasteiger partial charge in [0, 0.05) is 19.3 Å².